The molecule has 2 aromatic carbocycles. The van der Waals surface area contributed by atoms with E-state index < -0.39 is 6.04 Å². The maximum atomic E-state index is 12.7. The van der Waals surface area contributed by atoms with Gasteiger partial charge in [-0.3, -0.25) is 14.5 Å². The molecule has 5 nitrogen and oxygen atoms in total. The molecule has 0 spiro atoms. The summed E-state index contributed by atoms with van der Waals surface area (Å²) in [6.45, 7) is 3.93. The van der Waals surface area contributed by atoms with E-state index in [9.17, 15) is 9.59 Å². The highest BCUT2D eigenvalue weighted by Gasteiger charge is 2.36. The molecule has 3 rings (SSSR count). The Morgan fingerprint density at radius 3 is 2.44 bits per heavy atom. The van der Waals surface area contributed by atoms with Crippen LogP contribution in [-0.2, 0) is 9.59 Å². The predicted molar refractivity (Wildman–Crippen MR) is 97.8 cm³/mol. The van der Waals surface area contributed by atoms with Crippen LogP contribution in [0.1, 0.15) is 26.7 Å². The summed E-state index contributed by atoms with van der Waals surface area (Å²) in [5, 5.41) is 2.90. The maximum absolute atomic E-state index is 12.7. The van der Waals surface area contributed by atoms with Crippen LogP contribution in [0.4, 0.5) is 11.4 Å². The Morgan fingerprint density at radius 1 is 1.12 bits per heavy atom. The first-order valence-electron chi connectivity index (χ1n) is 8.49. The monoisotopic (exact) mass is 338 g/mol. The lowest BCUT2D eigenvalue weighted by molar-refractivity contribution is -0.120. The van der Waals surface area contributed by atoms with Crippen LogP contribution < -0.4 is 15.0 Å². The van der Waals surface area contributed by atoms with Gasteiger partial charge in [-0.05, 0) is 56.7 Å². The Bertz CT molecular complexity index is 741. The number of para-hydroxylation sites is 1. The molecule has 25 heavy (non-hydrogen) atoms. The molecule has 5 heteroatoms. The van der Waals surface area contributed by atoms with Crippen LogP contribution in [-0.4, -0.2) is 24.0 Å². The molecule has 0 bridgehead atoms. The first-order valence-corrected chi connectivity index (χ1v) is 8.49. The van der Waals surface area contributed by atoms with Gasteiger partial charge in [0.25, 0.3) is 0 Å². The van der Waals surface area contributed by atoms with Gasteiger partial charge in [0.2, 0.25) is 11.8 Å². The number of benzene rings is 2. The molecule has 130 valence electrons. The summed E-state index contributed by atoms with van der Waals surface area (Å²) in [4.78, 5) is 26.5. The quantitative estimate of drug-likeness (QED) is 0.906. The number of hydrogen-bond donors (Lipinski definition) is 1. The van der Waals surface area contributed by atoms with E-state index in [1.54, 1.807) is 17.0 Å². The predicted octanol–water partition coefficient (Wildman–Crippen LogP) is 3.61. The molecule has 1 aliphatic heterocycles. The molecule has 1 heterocycles. The van der Waals surface area contributed by atoms with Gasteiger partial charge >= 0.3 is 0 Å². The normalized spacial score (nSPS) is 17.0. The molecule has 1 atom stereocenters. The van der Waals surface area contributed by atoms with Gasteiger partial charge in [-0.2, -0.15) is 0 Å². The SMILES string of the molecule is CC(C)Oc1ccc(NC(=O)C2CCC(=O)N2c2ccccc2)cc1. The standard InChI is InChI=1S/C20H22N2O3/c1-14(2)25-17-10-8-15(9-11-17)21-20(24)18-12-13-19(23)22(18)16-6-4-3-5-7-16/h3-11,14,18H,12-13H2,1-2H3,(H,21,24). The summed E-state index contributed by atoms with van der Waals surface area (Å²) < 4.78 is 5.60. The van der Waals surface area contributed by atoms with E-state index in [0.717, 1.165) is 11.4 Å². The van der Waals surface area contributed by atoms with Crippen LogP contribution >= 0.6 is 0 Å². The van der Waals surface area contributed by atoms with Crippen molar-refractivity contribution in [3.63, 3.8) is 0 Å². The fourth-order valence-corrected chi connectivity index (χ4v) is 2.96. The van der Waals surface area contributed by atoms with Crippen molar-refractivity contribution in [1.82, 2.24) is 0 Å². The lowest BCUT2D eigenvalue weighted by Gasteiger charge is -2.24. The fraction of sp³-hybridized carbons (Fsp3) is 0.300. The first kappa shape index (κ1) is 17.0. The van der Waals surface area contributed by atoms with Crippen LogP contribution in [0.3, 0.4) is 0 Å². The van der Waals surface area contributed by atoms with E-state index in [1.807, 2.05) is 56.3 Å². The zero-order valence-electron chi connectivity index (χ0n) is 14.4. The summed E-state index contributed by atoms with van der Waals surface area (Å²) in [5.41, 5.74) is 1.44. The fourth-order valence-electron chi connectivity index (χ4n) is 2.96. The number of carbonyl (C=O) groups excluding carboxylic acids is 2. The average Bonchev–Trinajstić information content (AvgIpc) is 2.99. The molecule has 1 fully saturated rings. The summed E-state index contributed by atoms with van der Waals surface area (Å²) in [6, 6.07) is 16.1. The molecule has 2 aromatic rings. The topological polar surface area (TPSA) is 58.6 Å². The summed E-state index contributed by atoms with van der Waals surface area (Å²) in [7, 11) is 0. The second-order valence-electron chi connectivity index (χ2n) is 6.33. The molecule has 2 amide bonds. The summed E-state index contributed by atoms with van der Waals surface area (Å²) in [6.07, 6.45) is 1.01. The minimum absolute atomic E-state index is 0.0213. The Morgan fingerprint density at radius 2 is 1.80 bits per heavy atom. The van der Waals surface area contributed by atoms with E-state index in [-0.39, 0.29) is 17.9 Å². The number of nitrogens with zero attached hydrogens (tertiary/aromatic N) is 1. The van der Waals surface area contributed by atoms with Crippen molar-refractivity contribution in [2.24, 2.45) is 0 Å². The van der Waals surface area contributed by atoms with Gasteiger partial charge in [-0.1, -0.05) is 18.2 Å². The van der Waals surface area contributed by atoms with Gasteiger partial charge in [-0.15, -0.1) is 0 Å². The van der Waals surface area contributed by atoms with Gasteiger partial charge in [-0.25, -0.2) is 0 Å². The van der Waals surface area contributed by atoms with Gasteiger partial charge in [0.05, 0.1) is 6.10 Å². The summed E-state index contributed by atoms with van der Waals surface area (Å²) in [5.74, 6) is 0.564. The number of anilines is 2. The van der Waals surface area contributed by atoms with E-state index in [1.165, 1.54) is 0 Å². The highest BCUT2D eigenvalue weighted by atomic mass is 16.5. The van der Waals surface area contributed by atoms with Crippen molar-refractivity contribution in [3.8, 4) is 5.75 Å². The van der Waals surface area contributed by atoms with Gasteiger partial charge in [0.1, 0.15) is 11.8 Å². The zero-order valence-corrected chi connectivity index (χ0v) is 14.4. The smallest absolute Gasteiger partial charge is 0.247 e. The van der Waals surface area contributed by atoms with E-state index >= 15 is 0 Å². The number of nitrogens with one attached hydrogen (secondary N) is 1. The van der Waals surface area contributed by atoms with Gasteiger partial charge < -0.3 is 10.1 Å². The largest absolute Gasteiger partial charge is 0.491 e. The molecule has 1 N–H and O–H groups in total. The number of ether oxygens (including phenoxy) is 1. The minimum atomic E-state index is -0.485. The van der Waals surface area contributed by atoms with E-state index in [2.05, 4.69) is 5.32 Å². The Kier molecular flexibility index (Phi) is 5.03. The molecule has 1 aliphatic rings. The van der Waals surface area contributed by atoms with Crippen LogP contribution in [0, 0.1) is 0 Å². The maximum Gasteiger partial charge on any atom is 0.247 e. The Balaban J connectivity index is 1.71. The Hall–Kier alpha value is -2.82. The van der Waals surface area contributed by atoms with E-state index in [4.69, 9.17) is 4.74 Å². The van der Waals surface area contributed by atoms with Crippen molar-refractivity contribution in [1.29, 1.82) is 0 Å². The zero-order chi connectivity index (χ0) is 17.8. The molecule has 0 saturated carbocycles. The number of rotatable bonds is 5. The van der Waals surface area contributed by atoms with Crippen LogP contribution in [0.5, 0.6) is 5.75 Å². The summed E-state index contributed by atoms with van der Waals surface area (Å²) >= 11 is 0. The molecule has 0 radical (unpaired) electrons. The molecular formula is C20H22N2O3. The number of hydrogen-bond acceptors (Lipinski definition) is 3. The first-order chi connectivity index (χ1) is 12.0. The van der Waals surface area contributed by atoms with Gasteiger partial charge in [0, 0.05) is 17.8 Å². The molecule has 1 saturated heterocycles. The highest BCUT2D eigenvalue weighted by molar-refractivity contribution is 6.07. The third kappa shape index (κ3) is 3.99. The molecule has 1 unspecified atom stereocenters. The number of carbonyl (C=O) groups is 2. The third-order valence-corrected chi connectivity index (χ3v) is 4.04. The second-order valence-corrected chi connectivity index (χ2v) is 6.33. The van der Waals surface area contributed by atoms with Crippen LogP contribution in [0.2, 0.25) is 0 Å². The molecule has 0 aromatic heterocycles. The average molecular weight is 338 g/mol. The molecular weight excluding hydrogens is 316 g/mol. The van der Waals surface area contributed by atoms with Crippen molar-refractivity contribution >= 4 is 23.2 Å². The number of amides is 2. The van der Waals surface area contributed by atoms with Crippen molar-refractivity contribution < 1.29 is 14.3 Å². The lowest BCUT2D eigenvalue weighted by atomic mass is 10.2. The van der Waals surface area contributed by atoms with Gasteiger partial charge in [0.15, 0.2) is 0 Å². The second kappa shape index (κ2) is 7.38. The molecule has 0 aliphatic carbocycles. The van der Waals surface area contributed by atoms with Crippen molar-refractivity contribution in [2.45, 2.75) is 38.8 Å². The third-order valence-electron chi connectivity index (χ3n) is 4.04. The minimum Gasteiger partial charge on any atom is -0.491 e. The lowest BCUT2D eigenvalue weighted by Crippen LogP contribution is -2.41. The van der Waals surface area contributed by atoms with E-state index in [0.29, 0.717) is 18.5 Å². The van der Waals surface area contributed by atoms with Crippen LogP contribution in [0.15, 0.2) is 54.6 Å². The van der Waals surface area contributed by atoms with Crippen LogP contribution in [0.25, 0.3) is 0 Å². The van der Waals surface area contributed by atoms with Crippen molar-refractivity contribution in [3.05, 3.63) is 54.6 Å². The highest BCUT2D eigenvalue weighted by Crippen LogP contribution is 2.27. The Labute approximate surface area is 147 Å². The van der Waals surface area contributed by atoms with Crippen molar-refractivity contribution in [2.75, 3.05) is 10.2 Å².